The summed E-state index contributed by atoms with van der Waals surface area (Å²) in [5.41, 5.74) is 0.268. The van der Waals surface area contributed by atoms with Gasteiger partial charge in [-0.15, -0.1) is 0 Å². The summed E-state index contributed by atoms with van der Waals surface area (Å²) in [7, 11) is -5.87. The molecule has 2 aromatic carbocycles. The van der Waals surface area contributed by atoms with Gasteiger partial charge in [-0.25, -0.2) is 21.6 Å². The van der Waals surface area contributed by atoms with Gasteiger partial charge < -0.3 is 14.8 Å². The van der Waals surface area contributed by atoms with Crippen molar-refractivity contribution in [1.82, 2.24) is 14.3 Å². The van der Waals surface area contributed by atoms with Crippen LogP contribution in [0.1, 0.15) is 10.4 Å². The SMILES string of the molecule is COc1ccc(S(=O)(=O)NCCNC(=O)c2ccc(S(=O)(=O)N3CCOCC3)cc2)cc1. The van der Waals surface area contributed by atoms with Crippen molar-refractivity contribution in [2.45, 2.75) is 9.79 Å². The van der Waals surface area contributed by atoms with Crippen LogP contribution < -0.4 is 14.8 Å². The van der Waals surface area contributed by atoms with Crippen molar-refractivity contribution in [1.29, 1.82) is 0 Å². The highest BCUT2D eigenvalue weighted by molar-refractivity contribution is 7.89. The lowest BCUT2D eigenvalue weighted by atomic mass is 10.2. The summed E-state index contributed by atoms with van der Waals surface area (Å²) in [5, 5.41) is 2.60. The van der Waals surface area contributed by atoms with Gasteiger partial charge in [0, 0.05) is 31.7 Å². The van der Waals surface area contributed by atoms with Crippen LogP contribution in [-0.4, -0.2) is 73.6 Å². The molecule has 1 fully saturated rings. The smallest absolute Gasteiger partial charge is 0.251 e. The number of hydrogen-bond donors (Lipinski definition) is 2. The van der Waals surface area contributed by atoms with E-state index in [1.807, 2.05) is 0 Å². The van der Waals surface area contributed by atoms with Gasteiger partial charge in [0.05, 0.1) is 30.1 Å². The molecule has 0 atom stereocenters. The van der Waals surface area contributed by atoms with Crippen LogP contribution in [0.3, 0.4) is 0 Å². The molecule has 0 aromatic heterocycles. The third kappa shape index (κ3) is 5.84. The Labute approximate surface area is 187 Å². The first-order valence-electron chi connectivity index (χ1n) is 9.84. The zero-order valence-corrected chi connectivity index (χ0v) is 19.1. The molecular weight excluding hydrogens is 458 g/mol. The Kier molecular flexibility index (Phi) is 7.85. The first kappa shape index (κ1) is 24.1. The summed E-state index contributed by atoms with van der Waals surface area (Å²) in [6.07, 6.45) is 0. The van der Waals surface area contributed by atoms with E-state index in [0.29, 0.717) is 19.0 Å². The highest BCUT2D eigenvalue weighted by Gasteiger charge is 2.26. The third-order valence-corrected chi connectivity index (χ3v) is 8.19. The third-order valence-electron chi connectivity index (χ3n) is 4.80. The average Bonchev–Trinajstić information content (AvgIpc) is 2.82. The van der Waals surface area contributed by atoms with Crippen LogP contribution in [0, 0.1) is 0 Å². The fourth-order valence-electron chi connectivity index (χ4n) is 3.02. The van der Waals surface area contributed by atoms with E-state index >= 15 is 0 Å². The van der Waals surface area contributed by atoms with E-state index in [9.17, 15) is 21.6 Å². The standard InChI is InChI=1S/C20H25N3O7S2/c1-29-17-4-8-18(9-5-17)31(25,26)22-11-10-21-20(24)16-2-6-19(7-3-16)32(27,28)23-12-14-30-15-13-23/h2-9,22H,10-15H2,1H3,(H,21,24). The number of morpholine rings is 1. The summed E-state index contributed by atoms with van der Waals surface area (Å²) in [6.45, 7) is 1.32. The Hall–Kier alpha value is -2.51. The number of carbonyl (C=O) groups is 1. The van der Waals surface area contributed by atoms with Crippen LogP contribution in [0.25, 0.3) is 0 Å². The predicted octanol–water partition coefficient (Wildman–Crippen LogP) is 0.424. The van der Waals surface area contributed by atoms with Crippen LogP contribution in [-0.2, 0) is 24.8 Å². The highest BCUT2D eigenvalue weighted by Crippen LogP contribution is 2.18. The molecule has 0 radical (unpaired) electrons. The molecule has 10 nitrogen and oxygen atoms in total. The summed E-state index contributed by atoms with van der Waals surface area (Å²) >= 11 is 0. The number of nitrogens with zero attached hydrogens (tertiary/aromatic N) is 1. The van der Waals surface area contributed by atoms with Crippen molar-refractivity contribution in [3.63, 3.8) is 0 Å². The number of nitrogens with one attached hydrogen (secondary N) is 2. The van der Waals surface area contributed by atoms with Gasteiger partial charge in [0.2, 0.25) is 20.0 Å². The van der Waals surface area contributed by atoms with E-state index < -0.39 is 26.0 Å². The first-order valence-corrected chi connectivity index (χ1v) is 12.8. The Balaban J connectivity index is 1.51. The monoisotopic (exact) mass is 483 g/mol. The molecule has 2 aromatic rings. The molecule has 0 aliphatic carbocycles. The van der Waals surface area contributed by atoms with Crippen molar-refractivity contribution in [2.24, 2.45) is 0 Å². The summed E-state index contributed by atoms with van der Waals surface area (Å²) in [4.78, 5) is 12.5. The first-order chi connectivity index (χ1) is 15.2. The lowest BCUT2D eigenvalue weighted by molar-refractivity contribution is 0.0730. The normalized spacial score (nSPS) is 15.3. The Morgan fingerprint density at radius 3 is 2.12 bits per heavy atom. The number of carbonyl (C=O) groups excluding carboxylic acids is 1. The molecule has 0 bridgehead atoms. The van der Waals surface area contributed by atoms with Crippen molar-refractivity contribution in [3.8, 4) is 5.75 Å². The molecule has 32 heavy (non-hydrogen) atoms. The van der Waals surface area contributed by atoms with E-state index in [0.717, 1.165) is 0 Å². The average molecular weight is 484 g/mol. The van der Waals surface area contributed by atoms with Crippen LogP contribution in [0.2, 0.25) is 0 Å². The molecule has 1 aliphatic heterocycles. The highest BCUT2D eigenvalue weighted by atomic mass is 32.2. The molecule has 1 saturated heterocycles. The van der Waals surface area contributed by atoms with Gasteiger partial charge in [0.15, 0.2) is 0 Å². The van der Waals surface area contributed by atoms with Gasteiger partial charge in [-0.1, -0.05) is 0 Å². The maximum absolute atomic E-state index is 12.6. The topological polar surface area (TPSA) is 131 Å². The van der Waals surface area contributed by atoms with E-state index in [1.165, 1.54) is 47.8 Å². The number of ether oxygens (including phenoxy) is 2. The second-order valence-electron chi connectivity index (χ2n) is 6.87. The molecular formula is C20H25N3O7S2. The fraction of sp³-hybridized carbons (Fsp3) is 0.350. The summed E-state index contributed by atoms with van der Waals surface area (Å²) in [6, 6.07) is 11.5. The second-order valence-corrected chi connectivity index (χ2v) is 10.6. The molecule has 3 rings (SSSR count). The quantitative estimate of drug-likeness (QED) is 0.494. The van der Waals surface area contributed by atoms with Gasteiger partial charge in [0.25, 0.3) is 5.91 Å². The van der Waals surface area contributed by atoms with Crippen LogP contribution in [0.15, 0.2) is 58.3 Å². The van der Waals surface area contributed by atoms with Crippen LogP contribution in [0.5, 0.6) is 5.75 Å². The van der Waals surface area contributed by atoms with Crippen LogP contribution in [0.4, 0.5) is 0 Å². The zero-order valence-electron chi connectivity index (χ0n) is 17.5. The Bertz CT molecular complexity index is 1130. The molecule has 1 amide bonds. The minimum absolute atomic E-state index is 0.0103. The molecule has 0 unspecified atom stereocenters. The molecule has 0 spiro atoms. The van der Waals surface area contributed by atoms with Crippen molar-refractivity contribution < 1.29 is 31.1 Å². The number of sulfonamides is 2. The van der Waals surface area contributed by atoms with Crippen molar-refractivity contribution >= 4 is 26.0 Å². The molecule has 1 aliphatic rings. The fourth-order valence-corrected chi connectivity index (χ4v) is 5.46. The Morgan fingerprint density at radius 2 is 1.53 bits per heavy atom. The van der Waals surface area contributed by atoms with E-state index in [2.05, 4.69) is 10.0 Å². The summed E-state index contributed by atoms with van der Waals surface area (Å²) < 4.78 is 63.7. The van der Waals surface area contributed by atoms with E-state index in [-0.39, 0.29) is 41.5 Å². The van der Waals surface area contributed by atoms with Gasteiger partial charge >= 0.3 is 0 Å². The zero-order chi connectivity index (χ0) is 23.2. The van der Waals surface area contributed by atoms with Gasteiger partial charge in [-0.05, 0) is 48.5 Å². The van der Waals surface area contributed by atoms with Gasteiger partial charge in [0.1, 0.15) is 5.75 Å². The maximum Gasteiger partial charge on any atom is 0.251 e. The van der Waals surface area contributed by atoms with E-state index in [1.54, 1.807) is 12.1 Å². The van der Waals surface area contributed by atoms with Gasteiger partial charge in [-0.3, -0.25) is 4.79 Å². The van der Waals surface area contributed by atoms with E-state index in [4.69, 9.17) is 9.47 Å². The predicted molar refractivity (Wildman–Crippen MR) is 117 cm³/mol. The summed E-state index contributed by atoms with van der Waals surface area (Å²) in [5.74, 6) is 0.101. The number of hydrogen-bond acceptors (Lipinski definition) is 7. The minimum Gasteiger partial charge on any atom is -0.497 e. The van der Waals surface area contributed by atoms with Crippen molar-refractivity contribution in [3.05, 3.63) is 54.1 Å². The Morgan fingerprint density at radius 1 is 0.938 bits per heavy atom. The molecule has 174 valence electrons. The second kappa shape index (κ2) is 10.4. The molecule has 2 N–H and O–H groups in total. The lowest BCUT2D eigenvalue weighted by Gasteiger charge is -2.26. The molecule has 0 saturated carbocycles. The van der Waals surface area contributed by atoms with Crippen LogP contribution >= 0.6 is 0 Å². The van der Waals surface area contributed by atoms with Gasteiger partial charge in [-0.2, -0.15) is 4.31 Å². The lowest BCUT2D eigenvalue weighted by Crippen LogP contribution is -2.40. The number of benzene rings is 2. The number of amides is 1. The minimum atomic E-state index is -3.72. The number of methoxy groups -OCH3 is 1. The number of rotatable bonds is 9. The largest absolute Gasteiger partial charge is 0.497 e. The molecule has 1 heterocycles. The van der Waals surface area contributed by atoms with Crippen molar-refractivity contribution in [2.75, 3.05) is 46.5 Å². The molecule has 12 heteroatoms. The maximum atomic E-state index is 12.6.